The third-order valence-electron chi connectivity index (χ3n) is 4.26. The minimum absolute atomic E-state index is 0.187. The molecule has 0 fully saturated rings. The van der Waals surface area contributed by atoms with Crippen LogP contribution in [0, 0.1) is 20.8 Å². The number of amides is 1. The molecule has 0 aliphatic heterocycles. The van der Waals surface area contributed by atoms with Crippen molar-refractivity contribution in [3.63, 3.8) is 0 Å². The molecule has 3 aromatic rings. The van der Waals surface area contributed by atoms with Gasteiger partial charge in [0, 0.05) is 16.6 Å². The zero-order valence-electron chi connectivity index (χ0n) is 15.9. The summed E-state index contributed by atoms with van der Waals surface area (Å²) in [5.74, 6) is 0.424. The molecule has 0 radical (unpaired) electrons. The minimum Gasteiger partial charge on any atom is -0.481 e. The number of nitrogens with zero attached hydrogens (tertiary/aromatic N) is 1. The summed E-state index contributed by atoms with van der Waals surface area (Å²) in [6.07, 6.45) is -0.638. The van der Waals surface area contributed by atoms with Gasteiger partial charge in [0.1, 0.15) is 5.75 Å². The largest absolute Gasteiger partial charge is 0.481 e. The molecule has 27 heavy (non-hydrogen) atoms. The van der Waals surface area contributed by atoms with Gasteiger partial charge in [-0.05, 0) is 51.0 Å². The van der Waals surface area contributed by atoms with E-state index in [0.29, 0.717) is 10.9 Å². The van der Waals surface area contributed by atoms with Gasteiger partial charge in [-0.25, -0.2) is 4.98 Å². The maximum atomic E-state index is 12.6. The van der Waals surface area contributed by atoms with E-state index >= 15 is 0 Å². The van der Waals surface area contributed by atoms with Crippen molar-refractivity contribution in [2.45, 2.75) is 33.8 Å². The first-order chi connectivity index (χ1) is 12.8. The van der Waals surface area contributed by atoms with Crippen LogP contribution in [0.1, 0.15) is 23.6 Å². The molecule has 0 saturated carbocycles. The normalized spacial score (nSPS) is 11.9. The third-order valence-corrected chi connectivity index (χ3v) is 4.93. The Hall–Kier alpha value is -2.86. The first kappa shape index (κ1) is 18.9. The van der Waals surface area contributed by atoms with Gasteiger partial charge >= 0.3 is 0 Å². The molecule has 140 valence electrons. The maximum absolute atomic E-state index is 12.6. The summed E-state index contributed by atoms with van der Waals surface area (Å²) in [6, 6.07) is 11.6. The molecule has 1 aromatic heterocycles. The number of nitrogens with one attached hydrogen (secondary N) is 1. The van der Waals surface area contributed by atoms with Gasteiger partial charge in [0.15, 0.2) is 11.2 Å². The number of ether oxygens (including phenoxy) is 1. The number of carbonyl (C=O) groups excluding carboxylic acids is 1. The Balaban J connectivity index is 1.72. The molecule has 2 aromatic carbocycles. The summed E-state index contributed by atoms with van der Waals surface area (Å²) in [5.41, 5.74) is 11.5. The summed E-state index contributed by atoms with van der Waals surface area (Å²) in [5, 5.41) is 5.40. The first-order valence-electron chi connectivity index (χ1n) is 8.70. The molecule has 3 N–H and O–H groups in total. The van der Waals surface area contributed by atoms with Crippen molar-refractivity contribution in [3.8, 4) is 17.0 Å². The van der Waals surface area contributed by atoms with Crippen LogP contribution >= 0.6 is 11.3 Å². The molecule has 0 bridgehead atoms. The fraction of sp³-hybridized carbons (Fsp3) is 0.238. The van der Waals surface area contributed by atoms with E-state index in [9.17, 15) is 4.79 Å². The molecule has 0 aliphatic carbocycles. The number of nitrogens with two attached hydrogens (primary N) is 1. The number of carbonyl (C=O) groups is 1. The molecule has 0 saturated heterocycles. The Kier molecular flexibility index (Phi) is 5.46. The van der Waals surface area contributed by atoms with Crippen LogP contribution in [-0.2, 0) is 4.79 Å². The number of hydrogen-bond donors (Lipinski definition) is 2. The second kappa shape index (κ2) is 7.80. The summed E-state index contributed by atoms with van der Waals surface area (Å²) >= 11 is 1.39. The highest BCUT2D eigenvalue weighted by Gasteiger charge is 2.17. The quantitative estimate of drug-likeness (QED) is 0.670. The van der Waals surface area contributed by atoms with Crippen LogP contribution in [0.3, 0.4) is 0 Å². The zero-order valence-corrected chi connectivity index (χ0v) is 16.7. The highest BCUT2D eigenvalue weighted by Crippen LogP contribution is 2.27. The van der Waals surface area contributed by atoms with Gasteiger partial charge in [0.25, 0.3) is 5.91 Å². The molecule has 3 rings (SSSR count). The number of thiazole rings is 1. The maximum Gasteiger partial charge on any atom is 0.265 e. The summed E-state index contributed by atoms with van der Waals surface area (Å²) in [4.78, 5) is 16.9. The van der Waals surface area contributed by atoms with Gasteiger partial charge < -0.3 is 15.8 Å². The SMILES string of the molecule is Cc1cc(C)c(NC(=O)C(C)Oc2cccc(-c3csc(N)n3)c2)c(C)c1. The predicted octanol–water partition coefficient (Wildman–Crippen LogP) is 4.72. The van der Waals surface area contributed by atoms with E-state index in [1.54, 1.807) is 6.92 Å². The summed E-state index contributed by atoms with van der Waals surface area (Å²) in [7, 11) is 0. The number of rotatable bonds is 5. The van der Waals surface area contributed by atoms with E-state index in [-0.39, 0.29) is 5.91 Å². The molecule has 0 spiro atoms. The van der Waals surface area contributed by atoms with Crippen LogP contribution in [0.4, 0.5) is 10.8 Å². The smallest absolute Gasteiger partial charge is 0.265 e. The molecule has 0 aliphatic rings. The predicted molar refractivity (Wildman–Crippen MR) is 111 cm³/mol. The summed E-state index contributed by atoms with van der Waals surface area (Å²) in [6.45, 7) is 7.76. The number of anilines is 2. The fourth-order valence-electron chi connectivity index (χ4n) is 3.01. The Morgan fingerprint density at radius 2 is 1.89 bits per heavy atom. The van der Waals surface area contributed by atoms with E-state index in [4.69, 9.17) is 10.5 Å². The lowest BCUT2D eigenvalue weighted by Crippen LogP contribution is -2.30. The van der Waals surface area contributed by atoms with Crippen molar-refractivity contribution in [3.05, 3.63) is 58.5 Å². The molecule has 6 heteroatoms. The highest BCUT2D eigenvalue weighted by molar-refractivity contribution is 7.13. The van der Waals surface area contributed by atoms with Gasteiger partial charge in [-0.2, -0.15) is 0 Å². The average molecular weight is 382 g/mol. The highest BCUT2D eigenvalue weighted by atomic mass is 32.1. The number of nitrogen functional groups attached to an aromatic ring is 1. The second-order valence-electron chi connectivity index (χ2n) is 6.62. The second-order valence-corrected chi connectivity index (χ2v) is 7.51. The van der Waals surface area contributed by atoms with Crippen LogP contribution in [0.25, 0.3) is 11.3 Å². The topological polar surface area (TPSA) is 77.2 Å². The van der Waals surface area contributed by atoms with Gasteiger partial charge in [-0.3, -0.25) is 4.79 Å². The average Bonchev–Trinajstić information content (AvgIpc) is 3.04. The van der Waals surface area contributed by atoms with Crippen molar-refractivity contribution in [1.82, 2.24) is 4.98 Å². The van der Waals surface area contributed by atoms with Crippen LogP contribution in [0.2, 0.25) is 0 Å². The minimum atomic E-state index is -0.638. The van der Waals surface area contributed by atoms with E-state index in [1.165, 1.54) is 16.9 Å². The molecule has 1 atom stereocenters. The zero-order chi connectivity index (χ0) is 19.6. The summed E-state index contributed by atoms with van der Waals surface area (Å²) < 4.78 is 5.85. The Labute approximate surface area is 163 Å². The van der Waals surface area contributed by atoms with Crippen LogP contribution in [-0.4, -0.2) is 17.0 Å². The first-order valence-corrected chi connectivity index (χ1v) is 9.58. The Morgan fingerprint density at radius 1 is 1.19 bits per heavy atom. The van der Waals surface area contributed by atoms with E-state index in [1.807, 2.05) is 50.4 Å². The van der Waals surface area contributed by atoms with Gasteiger partial charge in [0.2, 0.25) is 0 Å². The van der Waals surface area contributed by atoms with Crippen molar-refractivity contribution < 1.29 is 9.53 Å². The standard InChI is InChI=1S/C21H23N3O2S/c1-12-8-13(2)19(14(3)9-12)24-20(25)15(4)26-17-7-5-6-16(10-17)18-11-27-21(22)23-18/h5-11,15H,1-4H3,(H2,22,23)(H,24,25). The molecular weight excluding hydrogens is 358 g/mol. The molecule has 1 unspecified atom stereocenters. The number of aryl methyl sites for hydroxylation is 3. The lowest BCUT2D eigenvalue weighted by molar-refractivity contribution is -0.122. The molecule has 1 heterocycles. The molecule has 5 nitrogen and oxygen atoms in total. The fourth-order valence-corrected chi connectivity index (χ4v) is 3.58. The van der Waals surface area contributed by atoms with Crippen LogP contribution in [0.5, 0.6) is 5.75 Å². The number of benzene rings is 2. The lowest BCUT2D eigenvalue weighted by atomic mass is 10.0. The van der Waals surface area contributed by atoms with Gasteiger partial charge in [-0.15, -0.1) is 11.3 Å². The lowest BCUT2D eigenvalue weighted by Gasteiger charge is -2.18. The monoisotopic (exact) mass is 381 g/mol. The van der Waals surface area contributed by atoms with Crippen LogP contribution in [0.15, 0.2) is 41.8 Å². The van der Waals surface area contributed by atoms with E-state index in [2.05, 4.69) is 22.4 Å². The molecule has 1 amide bonds. The van der Waals surface area contributed by atoms with Gasteiger partial charge in [0.05, 0.1) is 5.69 Å². The van der Waals surface area contributed by atoms with E-state index < -0.39 is 6.10 Å². The van der Waals surface area contributed by atoms with Gasteiger partial charge in [-0.1, -0.05) is 29.8 Å². The van der Waals surface area contributed by atoms with E-state index in [0.717, 1.165) is 28.1 Å². The van der Waals surface area contributed by atoms with Crippen molar-refractivity contribution in [1.29, 1.82) is 0 Å². The van der Waals surface area contributed by atoms with Crippen molar-refractivity contribution in [2.24, 2.45) is 0 Å². The number of hydrogen-bond acceptors (Lipinski definition) is 5. The van der Waals surface area contributed by atoms with Crippen molar-refractivity contribution in [2.75, 3.05) is 11.1 Å². The van der Waals surface area contributed by atoms with Crippen molar-refractivity contribution >= 4 is 28.1 Å². The Bertz CT molecular complexity index is 958. The third kappa shape index (κ3) is 4.46. The number of aromatic nitrogens is 1. The van der Waals surface area contributed by atoms with Crippen LogP contribution < -0.4 is 15.8 Å². The molecular formula is C21H23N3O2S. The Morgan fingerprint density at radius 3 is 2.52 bits per heavy atom.